The quantitative estimate of drug-likeness (QED) is 0.592. The first-order valence-corrected chi connectivity index (χ1v) is 9.75. The van der Waals surface area contributed by atoms with Crippen molar-refractivity contribution in [3.05, 3.63) is 42.4 Å². The number of rotatable bonds is 3. The number of anilines is 1. The molecule has 0 saturated carbocycles. The van der Waals surface area contributed by atoms with E-state index in [9.17, 15) is 0 Å². The standard InChI is InChI=1S/C21H23N7/c1-14-6-7-17(24-21(14)28-8-4-3-5-9-28)20-16-10-18(15-11-23-27(2)13-15)22-12-19(16)25-26-20/h6-7,10-13H,3-5,8-9H2,1-2H3,(H,25,26). The number of piperidine rings is 1. The highest BCUT2D eigenvalue weighted by Gasteiger charge is 2.18. The summed E-state index contributed by atoms with van der Waals surface area (Å²) >= 11 is 0. The van der Waals surface area contributed by atoms with Gasteiger partial charge in [0.25, 0.3) is 0 Å². The van der Waals surface area contributed by atoms with Crippen LogP contribution in [0, 0.1) is 6.92 Å². The average Bonchev–Trinajstić information content (AvgIpc) is 3.35. The molecule has 0 unspecified atom stereocenters. The first-order chi connectivity index (χ1) is 13.7. The smallest absolute Gasteiger partial charge is 0.132 e. The summed E-state index contributed by atoms with van der Waals surface area (Å²) in [5.41, 5.74) is 5.74. The zero-order chi connectivity index (χ0) is 19.1. The number of aromatic nitrogens is 6. The summed E-state index contributed by atoms with van der Waals surface area (Å²) in [6.07, 6.45) is 9.39. The van der Waals surface area contributed by atoms with Gasteiger partial charge in [-0.2, -0.15) is 10.2 Å². The van der Waals surface area contributed by atoms with Crippen molar-refractivity contribution in [3.63, 3.8) is 0 Å². The predicted molar refractivity (Wildman–Crippen MR) is 110 cm³/mol. The molecule has 1 saturated heterocycles. The van der Waals surface area contributed by atoms with E-state index in [4.69, 9.17) is 4.98 Å². The number of H-pyrrole nitrogens is 1. The Morgan fingerprint density at radius 3 is 2.68 bits per heavy atom. The van der Waals surface area contributed by atoms with Crippen LogP contribution < -0.4 is 4.90 Å². The maximum atomic E-state index is 5.00. The molecule has 28 heavy (non-hydrogen) atoms. The molecule has 5 rings (SSSR count). The maximum absolute atomic E-state index is 5.00. The lowest BCUT2D eigenvalue weighted by Crippen LogP contribution is -2.30. The van der Waals surface area contributed by atoms with Gasteiger partial charge in [0, 0.05) is 37.3 Å². The largest absolute Gasteiger partial charge is 0.356 e. The minimum Gasteiger partial charge on any atom is -0.356 e. The number of pyridine rings is 2. The second-order valence-electron chi connectivity index (χ2n) is 7.47. The minimum atomic E-state index is 0.862. The molecule has 4 aromatic heterocycles. The molecule has 0 aliphatic carbocycles. The second kappa shape index (κ2) is 6.74. The molecule has 1 fully saturated rings. The Kier molecular flexibility index (Phi) is 4.07. The third kappa shape index (κ3) is 2.93. The first kappa shape index (κ1) is 16.9. The van der Waals surface area contributed by atoms with Gasteiger partial charge < -0.3 is 4.90 Å². The number of aromatic amines is 1. The van der Waals surface area contributed by atoms with E-state index in [1.807, 2.05) is 25.6 Å². The first-order valence-electron chi connectivity index (χ1n) is 9.75. The van der Waals surface area contributed by atoms with Gasteiger partial charge in [-0.15, -0.1) is 0 Å². The number of nitrogens with zero attached hydrogens (tertiary/aromatic N) is 6. The van der Waals surface area contributed by atoms with E-state index in [-0.39, 0.29) is 0 Å². The van der Waals surface area contributed by atoms with Crippen LogP contribution in [-0.2, 0) is 7.05 Å². The summed E-state index contributed by atoms with van der Waals surface area (Å²) in [6.45, 7) is 4.29. The van der Waals surface area contributed by atoms with Gasteiger partial charge >= 0.3 is 0 Å². The van der Waals surface area contributed by atoms with Crippen molar-refractivity contribution in [1.82, 2.24) is 29.9 Å². The second-order valence-corrected chi connectivity index (χ2v) is 7.47. The molecule has 142 valence electrons. The normalized spacial score (nSPS) is 14.7. The highest BCUT2D eigenvalue weighted by Crippen LogP contribution is 2.30. The summed E-state index contributed by atoms with van der Waals surface area (Å²) in [7, 11) is 1.91. The van der Waals surface area contributed by atoms with Crippen LogP contribution in [0.3, 0.4) is 0 Å². The molecule has 1 N–H and O–H groups in total. The van der Waals surface area contributed by atoms with E-state index in [1.54, 1.807) is 4.68 Å². The van der Waals surface area contributed by atoms with Crippen molar-refractivity contribution in [1.29, 1.82) is 0 Å². The highest BCUT2D eigenvalue weighted by molar-refractivity contribution is 5.93. The number of aryl methyl sites for hydroxylation is 2. The number of hydrogen-bond donors (Lipinski definition) is 1. The summed E-state index contributed by atoms with van der Waals surface area (Å²) in [5.74, 6) is 1.08. The minimum absolute atomic E-state index is 0.862. The molecule has 1 aliphatic heterocycles. The fourth-order valence-corrected chi connectivity index (χ4v) is 3.90. The van der Waals surface area contributed by atoms with Crippen molar-refractivity contribution < 1.29 is 0 Å². The van der Waals surface area contributed by atoms with E-state index in [1.165, 1.54) is 24.8 Å². The van der Waals surface area contributed by atoms with Gasteiger partial charge in [-0.3, -0.25) is 14.8 Å². The number of fused-ring (bicyclic) bond motifs is 1. The molecule has 4 aromatic rings. The molecule has 0 bridgehead atoms. The third-order valence-electron chi connectivity index (χ3n) is 5.42. The average molecular weight is 373 g/mol. The van der Waals surface area contributed by atoms with Gasteiger partial charge in [0.05, 0.1) is 29.3 Å². The van der Waals surface area contributed by atoms with Gasteiger partial charge in [0.15, 0.2) is 0 Å². The predicted octanol–water partition coefficient (Wildman–Crippen LogP) is 3.72. The van der Waals surface area contributed by atoms with E-state index in [0.29, 0.717) is 0 Å². The van der Waals surface area contributed by atoms with Crippen LogP contribution >= 0.6 is 0 Å². The zero-order valence-corrected chi connectivity index (χ0v) is 16.2. The molecule has 0 radical (unpaired) electrons. The number of nitrogens with one attached hydrogen (secondary N) is 1. The monoisotopic (exact) mass is 373 g/mol. The lowest BCUT2D eigenvalue weighted by molar-refractivity contribution is 0.572. The molecule has 7 nitrogen and oxygen atoms in total. The van der Waals surface area contributed by atoms with Gasteiger partial charge in [-0.25, -0.2) is 4.98 Å². The Balaban J connectivity index is 1.59. The molecule has 5 heterocycles. The van der Waals surface area contributed by atoms with Crippen LogP contribution in [0.4, 0.5) is 5.82 Å². The molecular weight excluding hydrogens is 350 g/mol. The Bertz CT molecular complexity index is 1130. The summed E-state index contributed by atoms with van der Waals surface area (Å²) in [6, 6.07) is 6.27. The van der Waals surface area contributed by atoms with Gasteiger partial charge in [-0.05, 0) is 43.9 Å². The van der Waals surface area contributed by atoms with E-state index >= 15 is 0 Å². The van der Waals surface area contributed by atoms with E-state index in [0.717, 1.165) is 52.5 Å². The van der Waals surface area contributed by atoms with Crippen molar-refractivity contribution in [2.75, 3.05) is 18.0 Å². The van der Waals surface area contributed by atoms with Crippen molar-refractivity contribution in [2.24, 2.45) is 7.05 Å². The fourth-order valence-electron chi connectivity index (χ4n) is 3.90. The Labute approximate surface area is 163 Å². The molecule has 0 aromatic carbocycles. The summed E-state index contributed by atoms with van der Waals surface area (Å²) in [4.78, 5) is 12.0. The maximum Gasteiger partial charge on any atom is 0.132 e. The van der Waals surface area contributed by atoms with Crippen molar-refractivity contribution >= 4 is 16.7 Å². The van der Waals surface area contributed by atoms with Crippen molar-refractivity contribution in [2.45, 2.75) is 26.2 Å². The Hall–Kier alpha value is -3.22. The summed E-state index contributed by atoms with van der Waals surface area (Å²) < 4.78 is 1.78. The van der Waals surface area contributed by atoms with Crippen LogP contribution in [0.2, 0.25) is 0 Å². The Morgan fingerprint density at radius 2 is 1.89 bits per heavy atom. The van der Waals surface area contributed by atoms with Gasteiger partial charge in [-0.1, -0.05) is 6.07 Å². The van der Waals surface area contributed by atoms with E-state index < -0.39 is 0 Å². The lowest BCUT2D eigenvalue weighted by atomic mass is 10.1. The topological polar surface area (TPSA) is 75.5 Å². The van der Waals surface area contributed by atoms with Crippen LogP contribution in [-0.4, -0.2) is 43.0 Å². The zero-order valence-electron chi connectivity index (χ0n) is 16.2. The van der Waals surface area contributed by atoms with Crippen LogP contribution in [0.1, 0.15) is 24.8 Å². The number of hydrogen-bond acceptors (Lipinski definition) is 5. The molecule has 0 spiro atoms. The van der Waals surface area contributed by atoms with Gasteiger partial charge in [0.2, 0.25) is 0 Å². The van der Waals surface area contributed by atoms with Crippen LogP contribution in [0.15, 0.2) is 36.8 Å². The SMILES string of the molecule is Cc1ccc(-c2n[nH]c3cnc(-c4cnn(C)c4)cc23)nc1N1CCCCC1. The fraction of sp³-hybridized carbons (Fsp3) is 0.333. The van der Waals surface area contributed by atoms with Crippen LogP contribution in [0.25, 0.3) is 33.5 Å². The van der Waals surface area contributed by atoms with Gasteiger partial charge in [0.1, 0.15) is 11.5 Å². The van der Waals surface area contributed by atoms with Crippen molar-refractivity contribution in [3.8, 4) is 22.6 Å². The molecule has 7 heteroatoms. The highest BCUT2D eigenvalue weighted by atomic mass is 15.2. The third-order valence-corrected chi connectivity index (χ3v) is 5.42. The Morgan fingerprint density at radius 1 is 1.04 bits per heavy atom. The van der Waals surface area contributed by atoms with Crippen LogP contribution in [0.5, 0.6) is 0 Å². The van der Waals surface area contributed by atoms with E-state index in [2.05, 4.69) is 50.3 Å². The lowest BCUT2D eigenvalue weighted by Gasteiger charge is -2.29. The summed E-state index contributed by atoms with van der Waals surface area (Å²) in [5, 5.41) is 12.9. The molecule has 0 atom stereocenters. The molecular formula is C21H23N7. The molecule has 0 amide bonds. The molecule has 1 aliphatic rings.